The SMILES string of the molecule is Ic1ccc(CN2CCCC3(CCCNC3)C2)cc1. The normalized spacial score (nSPS) is 28.7. The summed E-state index contributed by atoms with van der Waals surface area (Å²) in [4.78, 5) is 2.67. The lowest BCUT2D eigenvalue weighted by Crippen LogP contribution is -2.50. The molecule has 1 aromatic carbocycles. The van der Waals surface area contributed by atoms with Crippen molar-refractivity contribution in [1.29, 1.82) is 0 Å². The van der Waals surface area contributed by atoms with Gasteiger partial charge in [0.05, 0.1) is 0 Å². The van der Waals surface area contributed by atoms with E-state index < -0.39 is 0 Å². The highest BCUT2D eigenvalue weighted by molar-refractivity contribution is 14.1. The van der Waals surface area contributed by atoms with Gasteiger partial charge in [0.25, 0.3) is 0 Å². The Balaban J connectivity index is 1.63. The molecule has 2 saturated heterocycles. The Hall–Kier alpha value is -0.130. The van der Waals surface area contributed by atoms with Gasteiger partial charge >= 0.3 is 0 Å². The number of nitrogens with one attached hydrogen (secondary N) is 1. The molecule has 2 fully saturated rings. The van der Waals surface area contributed by atoms with Crippen molar-refractivity contribution in [2.45, 2.75) is 32.2 Å². The number of halogens is 1. The summed E-state index contributed by atoms with van der Waals surface area (Å²) in [5, 5.41) is 3.61. The molecule has 0 aromatic heterocycles. The molecular formula is C16H23IN2. The summed E-state index contributed by atoms with van der Waals surface area (Å²) in [6, 6.07) is 9.00. The summed E-state index contributed by atoms with van der Waals surface area (Å²) in [5.74, 6) is 0. The van der Waals surface area contributed by atoms with E-state index in [0.29, 0.717) is 5.41 Å². The molecular weight excluding hydrogens is 347 g/mol. The summed E-state index contributed by atoms with van der Waals surface area (Å²) in [5.41, 5.74) is 2.03. The average molecular weight is 370 g/mol. The summed E-state index contributed by atoms with van der Waals surface area (Å²) < 4.78 is 1.33. The van der Waals surface area contributed by atoms with E-state index in [1.54, 1.807) is 0 Å². The van der Waals surface area contributed by atoms with Crippen LogP contribution in [-0.4, -0.2) is 31.1 Å². The smallest absolute Gasteiger partial charge is 0.0233 e. The van der Waals surface area contributed by atoms with Crippen LogP contribution < -0.4 is 5.32 Å². The van der Waals surface area contributed by atoms with E-state index >= 15 is 0 Å². The molecule has 104 valence electrons. The van der Waals surface area contributed by atoms with Gasteiger partial charge in [-0.2, -0.15) is 0 Å². The molecule has 1 N–H and O–H groups in total. The first-order chi connectivity index (χ1) is 9.26. The first-order valence-corrected chi connectivity index (χ1v) is 8.51. The van der Waals surface area contributed by atoms with Crippen LogP contribution in [0.5, 0.6) is 0 Å². The van der Waals surface area contributed by atoms with Gasteiger partial charge in [0, 0.05) is 23.2 Å². The molecule has 0 radical (unpaired) electrons. The minimum Gasteiger partial charge on any atom is -0.316 e. The number of likely N-dealkylation sites (tertiary alicyclic amines) is 1. The highest BCUT2D eigenvalue weighted by Gasteiger charge is 2.36. The summed E-state index contributed by atoms with van der Waals surface area (Å²) >= 11 is 2.38. The Bertz CT molecular complexity index is 404. The van der Waals surface area contributed by atoms with Gasteiger partial charge in [0.15, 0.2) is 0 Å². The van der Waals surface area contributed by atoms with E-state index in [4.69, 9.17) is 0 Å². The second-order valence-electron chi connectivity index (χ2n) is 6.22. The minimum atomic E-state index is 0.569. The molecule has 0 aliphatic carbocycles. The number of nitrogens with zero attached hydrogens (tertiary/aromatic N) is 1. The van der Waals surface area contributed by atoms with Gasteiger partial charge in [-0.15, -0.1) is 0 Å². The first kappa shape index (κ1) is 13.8. The summed E-state index contributed by atoms with van der Waals surface area (Å²) in [6.07, 6.45) is 5.57. The van der Waals surface area contributed by atoms with Gasteiger partial charge in [-0.3, -0.25) is 4.90 Å². The Morgan fingerprint density at radius 2 is 1.95 bits per heavy atom. The van der Waals surface area contributed by atoms with E-state index in [9.17, 15) is 0 Å². The van der Waals surface area contributed by atoms with Crippen molar-refractivity contribution in [1.82, 2.24) is 10.2 Å². The number of rotatable bonds is 2. The van der Waals surface area contributed by atoms with Gasteiger partial charge in [0.1, 0.15) is 0 Å². The number of piperidine rings is 2. The molecule has 3 rings (SSSR count). The molecule has 2 nitrogen and oxygen atoms in total. The maximum Gasteiger partial charge on any atom is 0.0233 e. The zero-order valence-corrected chi connectivity index (χ0v) is 13.7. The van der Waals surface area contributed by atoms with Crippen molar-refractivity contribution in [3.8, 4) is 0 Å². The average Bonchev–Trinajstić information content (AvgIpc) is 2.42. The minimum absolute atomic E-state index is 0.569. The monoisotopic (exact) mass is 370 g/mol. The van der Waals surface area contributed by atoms with Crippen molar-refractivity contribution in [3.05, 3.63) is 33.4 Å². The second kappa shape index (κ2) is 6.10. The van der Waals surface area contributed by atoms with Crippen LogP contribution >= 0.6 is 22.6 Å². The number of hydrogen-bond donors (Lipinski definition) is 1. The van der Waals surface area contributed by atoms with E-state index in [1.807, 2.05) is 0 Å². The number of benzene rings is 1. The van der Waals surface area contributed by atoms with Crippen molar-refractivity contribution >= 4 is 22.6 Å². The van der Waals surface area contributed by atoms with Crippen LogP contribution in [0, 0.1) is 8.99 Å². The third kappa shape index (κ3) is 3.50. The van der Waals surface area contributed by atoms with Crippen molar-refractivity contribution in [2.24, 2.45) is 5.41 Å². The van der Waals surface area contributed by atoms with Gasteiger partial charge in [-0.05, 0) is 84.5 Å². The highest BCUT2D eigenvalue weighted by Crippen LogP contribution is 2.36. The predicted octanol–water partition coefficient (Wildman–Crippen LogP) is 3.26. The van der Waals surface area contributed by atoms with Gasteiger partial charge in [0.2, 0.25) is 0 Å². The Morgan fingerprint density at radius 3 is 2.68 bits per heavy atom. The molecule has 0 bridgehead atoms. The zero-order valence-electron chi connectivity index (χ0n) is 11.5. The van der Waals surface area contributed by atoms with Crippen molar-refractivity contribution in [2.75, 3.05) is 26.2 Å². The predicted molar refractivity (Wildman–Crippen MR) is 88.2 cm³/mol. The fourth-order valence-electron chi connectivity index (χ4n) is 3.67. The zero-order chi connectivity index (χ0) is 13.1. The molecule has 1 spiro atoms. The maximum atomic E-state index is 3.61. The maximum absolute atomic E-state index is 3.61. The van der Waals surface area contributed by atoms with Crippen LogP contribution in [0.15, 0.2) is 24.3 Å². The van der Waals surface area contributed by atoms with Crippen LogP contribution in [-0.2, 0) is 6.54 Å². The fraction of sp³-hybridized carbons (Fsp3) is 0.625. The van der Waals surface area contributed by atoms with E-state index in [2.05, 4.69) is 57.1 Å². The standard InChI is InChI=1S/C16H23IN2/c17-15-5-3-14(4-6-15)11-19-10-2-8-16(13-19)7-1-9-18-12-16/h3-6,18H,1-2,7-13H2. The molecule has 3 heteroatoms. The molecule has 2 heterocycles. The topological polar surface area (TPSA) is 15.3 Å². The Labute approximate surface area is 130 Å². The second-order valence-corrected chi connectivity index (χ2v) is 7.47. The van der Waals surface area contributed by atoms with Crippen LogP contribution in [0.1, 0.15) is 31.2 Å². The molecule has 0 saturated carbocycles. The van der Waals surface area contributed by atoms with Crippen molar-refractivity contribution in [3.63, 3.8) is 0 Å². The highest BCUT2D eigenvalue weighted by atomic mass is 127. The molecule has 1 aromatic rings. The van der Waals surface area contributed by atoms with E-state index in [-0.39, 0.29) is 0 Å². The molecule has 19 heavy (non-hydrogen) atoms. The Kier molecular flexibility index (Phi) is 4.44. The summed E-state index contributed by atoms with van der Waals surface area (Å²) in [7, 11) is 0. The molecule has 2 aliphatic rings. The van der Waals surface area contributed by atoms with E-state index in [1.165, 1.54) is 61.0 Å². The first-order valence-electron chi connectivity index (χ1n) is 7.43. The van der Waals surface area contributed by atoms with Crippen LogP contribution in [0.2, 0.25) is 0 Å². The lowest BCUT2D eigenvalue weighted by atomic mass is 9.74. The largest absolute Gasteiger partial charge is 0.316 e. The van der Waals surface area contributed by atoms with Crippen LogP contribution in [0.3, 0.4) is 0 Å². The van der Waals surface area contributed by atoms with Gasteiger partial charge in [-0.25, -0.2) is 0 Å². The lowest BCUT2D eigenvalue weighted by molar-refractivity contribution is 0.0601. The molecule has 1 unspecified atom stereocenters. The van der Waals surface area contributed by atoms with Gasteiger partial charge < -0.3 is 5.32 Å². The quantitative estimate of drug-likeness (QED) is 0.804. The lowest BCUT2D eigenvalue weighted by Gasteiger charge is -2.45. The van der Waals surface area contributed by atoms with Crippen LogP contribution in [0.25, 0.3) is 0 Å². The number of hydrogen-bond acceptors (Lipinski definition) is 2. The fourth-order valence-corrected chi connectivity index (χ4v) is 4.03. The van der Waals surface area contributed by atoms with Crippen LogP contribution in [0.4, 0.5) is 0 Å². The van der Waals surface area contributed by atoms with Crippen molar-refractivity contribution < 1.29 is 0 Å². The molecule has 1 atom stereocenters. The van der Waals surface area contributed by atoms with E-state index in [0.717, 1.165) is 6.54 Å². The molecule has 2 aliphatic heterocycles. The Morgan fingerprint density at radius 1 is 1.16 bits per heavy atom. The summed E-state index contributed by atoms with van der Waals surface area (Å²) in [6.45, 7) is 6.13. The third-order valence-corrected chi connectivity index (χ3v) is 5.34. The third-order valence-electron chi connectivity index (χ3n) is 4.62. The van der Waals surface area contributed by atoms with Gasteiger partial charge in [-0.1, -0.05) is 12.1 Å². The molecule has 0 amide bonds.